The molecule has 9 heteroatoms. The molecule has 0 unspecified atom stereocenters. The number of alkyl halides is 3. The van der Waals surface area contributed by atoms with E-state index in [0.717, 1.165) is 42.3 Å². The number of anilines is 1. The molecule has 0 aliphatic carbocycles. The summed E-state index contributed by atoms with van der Waals surface area (Å²) in [6, 6.07) is 7.93. The van der Waals surface area contributed by atoms with Crippen LogP contribution in [0.15, 0.2) is 48.9 Å². The van der Waals surface area contributed by atoms with Crippen LogP contribution in [-0.4, -0.2) is 27.4 Å². The minimum absolute atomic E-state index is 0.0215. The predicted octanol–water partition coefficient (Wildman–Crippen LogP) is 3.69. The maximum atomic E-state index is 12.6. The highest BCUT2D eigenvalue weighted by molar-refractivity contribution is 5.94. The Morgan fingerprint density at radius 1 is 1.16 bits per heavy atom. The van der Waals surface area contributed by atoms with Crippen molar-refractivity contribution >= 4 is 11.7 Å². The molecular weight excluding hydrogens is 407 g/mol. The van der Waals surface area contributed by atoms with Crippen molar-refractivity contribution in [3.63, 3.8) is 0 Å². The lowest BCUT2D eigenvalue weighted by atomic mass is 10.0. The zero-order valence-electron chi connectivity index (χ0n) is 16.8. The molecule has 1 amide bonds. The summed E-state index contributed by atoms with van der Waals surface area (Å²) in [6.45, 7) is 3.42. The topological polar surface area (TPSA) is 71.0 Å². The van der Waals surface area contributed by atoms with Gasteiger partial charge in [0.2, 0.25) is 0 Å². The highest BCUT2D eigenvalue weighted by Gasteiger charge is 2.30. The monoisotopic (exact) mass is 427 g/mol. The molecule has 3 aromatic heterocycles. The smallest absolute Gasteiger partial charge is 0.352 e. The Morgan fingerprint density at radius 3 is 2.71 bits per heavy atom. The van der Waals surface area contributed by atoms with E-state index in [2.05, 4.69) is 31.2 Å². The van der Waals surface area contributed by atoms with Gasteiger partial charge in [0.1, 0.15) is 5.82 Å². The van der Waals surface area contributed by atoms with Crippen molar-refractivity contribution in [2.24, 2.45) is 0 Å². The van der Waals surface area contributed by atoms with Gasteiger partial charge in [0.05, 0.1) is 23.4 Å². The van der Waals surface area contributed by atoms with E-state index >= 15 is 0 Å². The van der Waals surface area contributed by atoms with Crippen LogP contribution >= 0.6 is 0 Å². The molecule has 31 heavy (non-hydrogen) atoms. The number of carbonyl (C=O) groups is 1. The van der Waals surface area contributed by atoms with Crippen molar-refractivity contribution in [2.75, 3.05) is 11.4 Å². The summed E-state index contributed by atoms with van der Waals surface area (Å²) in [4.78, 5) is 27.3. The summed E-state index contributed by atoms with van der Waals surface area (Å²) in [5, 5.41) is 2.67. The van der Waals surface area contributed by atoms with Crippen molar-refractivity contribution in [3.05, 3.63) is 82.6 Å². The fourth-order valence-corrected chi connectivity index (χ4v) is 3.54. The van der Waals surface area contributed by atoms with Crippen LogP contribution in [-0.2, 0) is 25.7 Å². The largest absolute Gasteiger partial charge is 0.417 e. The van der Waals surface area contributed by atoms with Gasteiger partial charge < -0.3 is 10.2 Å². The fourth-order valence-electron chi connectivity index (χ4n) is 3.54. The number of fused-ring (bicyclic) bond motifs is 1. The average molecular weight is 427 g/mol. The number of pyridine rings is 3. The van der Waals surface area contributed by atoms with Crippen LogP contribution in [0.3, 0.4) is 0 Å². The van der Waals surface area contributed by atoms with E-state index in [1.807, 2.05) is 13.0 Å². The maximum absolute atomic E-state index is 12.6. The van der Waals surface area contributed by atoms with Gasteiger partial charge in [0.25, 0.3) is 5.91 Å². The summed E-state index contributed by atoms with van der Waals surface area (Å²) < 4.78 is 37.8. The van der Waals surface area contributed by atoms with Crippen molar-refractivity contribution in [1.82, 2.24) is 20.3 Å². The third kappa shape index (κ3) is 4.65. The van der Waals surface area contributed by atoms with E-state index < -0.39 is 11.7 Å². The maximum Gasteiger partial charge on any atom is 0.417 e. The third-order valence-electron chi connectivity index (χ3n) is 5.16. The number of aryl methyl sites for hydroxylation is 1. The zero-order chi connectivity index (χ0) is 22.0. The molecule has 1 aliphatic rings. The fraction of sp³-hybridized carbons (Fsp3) is 0.273. The first-order valence-electron chi connectivity index (χ1n) is 9.76. The summed E-state index contributed by atoms with van der Waals surface area (Å²) in [6.07, 6.45) is 0.461. The van der Waals surface area contributed by atoms with Crippen LogP contribution in [0.1, 0.15) is 38.4 Å². The molecule has 0 spiro atoms. The molecule has 6 nitrogen and oxygen atoms in total. The summed E-state index contributed by atoms with van der Waals surface area (Å²) >= 11 is 0. The van der Waals surface area contributed by atoms with Gasteiger partial charge in [-0.2, -0.15) is 13.2 Å². The number of nitrogens with zero attached hydrogens (tertiary/aromatic N) is 4. The number of hydrogen-bond donors (Lipinski definition) is 1. The highest BCUT2D eigenvalue weighted by atomic mass is 19.4. The van der Waals surface area contributed by atoms with Crippen molar-refractivity contribution < 1.29 is 18.0 Å². The second-order valence-corrected chi connectivity index (χ2v) is 7.36. The number of hydrogen-bond acceptors (Lipinski definition) is 5. The van der Waals surface area contributed by atoms with Gasteiger partial charge in [-0.05, 0) is 42.3 Å². The van der Waals surface area contributed by atoms with E-state index in [-0.39, 0.29) is 12.5 Å². The highest BCUT2D eigenvalue weighted by Crippen LogP contribution is 2.28. The number of halogens is 3. The lowest BCUT2D eigenvalue weighted by Crippen LogP contribution is -2.32. The second kappa shape index (κ2) is 8.33. The Balaban J connectivity index is 1.40. The summed E-state index contributed by atoms with van der Waals surface area (Å²) in [5.41, 5.74) is 3.03. The van der Waals surface area contributed by atoms with Crippen LogP contribution in [0, 0.1) is 6.92 Å². The van der Waals surface area contributed by atoms with Gasteiger partial charge in [0.15, 0.2) is 0 Å². The Labute approximate surface area is 177 Å². The quantitative estimate of drug-likeness (QED) is 0.688. The molecule has 0 atom stereocenters. The van der Waals surface area contributed by atoms with Crippen molar-refractivity contribution in [2.45, 2.75) is 32.6 Å². The van der Waals surface area contributed by atoms with E-state index in [0.29, 0.717) is 17.8 Å². The molecule has 0 fully saturated rings. The van der Waals surface area contributed by atoms with Crippen molar-refractivity contribution in [3.8, 4) is 0 Å². The SMILES string of the molecule is Cc1cc(C(=O)NCc2ccc(C(F)(F)F)cn2)cnc1N1CCc2ncccc2C1. The first-order chi connectivity index (χ1) is 14.8. The number of amides is 1. The van der Waals surface area contributed by atoms with E-state index in [9.17, 15) is 18.0 Å². The first-order valence-corrected chi connectivity index (χ1v) is 9.76. The minimum atomic E-state index is -4.44. The molecule has 0 saturated carbocycles. The summed E-state index contributed by atoms with van der Waals surface area (Å²) in [7, 11) is 0. The van der Waals surface area contributed by atoms with Gasteiger partial charge in [-0.1, -0.05) is 6.07 Å². The van der Waals surface area contributed by atoms with E-state index in [1.54, 1.807) is 12.3 Å². The number of carbonyl (C=O) groups excluding carboxylic acids is 1. The zero-order valence-corrected chi connectivity index (χ0v) is 16.8. The second-order valence-electron chi connectivity index (χ2n) is 7.36. The first kappa shape index (κ1) is 20.8. The molecule has 1 aliphatic heterocycles. The Morgan fingerprint density at radius 2 is 2.00 bits per heavy atom. The van der Waals surface area contributed by atoms with Crippen LogP contribution in [0.5, 0.6) is 0 Å². The lowest BCUT2D eigenvalue weighted by Gasteiger charge is -2.30. The van der Waals surface area contributed by atoms with Crippen LogP contribution in [0.2, 0.25) is 0 Å². The van der Waals surface area contributed by atoms with Crippen LogP contribution in [0.4, 0.5) is 19.0 Å². The number of nitrogens with one attached hydrogen (secondary N) is 1. The van der Waals surface area contributed by atoms with Gasteiger partial charge in [-0.3, -0.25) is 14.8 Å². The van der Waals surface area contributed by atoms with E-state index in [1.165, 1.54) is 17.8 Å². The molecule has 0 aromatic carbocycles. The van der Waals surface area contributed by atoms with E-state index in [4.69, 9.17) is 0 Å². The molecule has 0 saturated heterocycles. The Kier molecular flexibility index (Phi) is 5.58. The molecular formula is C22H20F3N5O. The molecule has 4 rings (SSSR count). The summed E-state index contributed by atoms with van der Waals surface area (Å²) in [5.74, 6) is 0.451. The van der Waals surface area contributed by atoms with Crippen LogP contribution in [0.25, 0.3) is 0 Å². The molecule has 0 bridgehead atoms. The molecule has 3 aromatic rings. The number of aromatic nitrogens is 3. The predicted molar refractivity (Wildman–Crippen MR) is 108 cm³/mol. The van der Waals surface area contributed by atoms with Crippen LogP contribution < -0.4 is 10.2 Å². The molecule has 1 N–H and O–H groups in total. The van der Waals surface area contributed by atoms with Gasteiger partial charge >= 0.3 is 6.18 Å². The molecule has 160 valence electrons. The van der Waals surface area contributed by atoms with Gasteiger partial charge in [-0.25, -0.2) is 4.98 Å². The average Bonchev–Trinajstić information content (AvgIpc) is 2.76. The molecule has 0 radical (unpaired) electrons. The van der Waals surface area contributed by atoms with Crippen molar-refractivity contribution in [1.29, 1.82) is 0 Å². The normalized spacial score (nSPS) is 13.6. The van der Waals surface area contributed by atoms with Gasteiger partial charge in [0, 0.05) is 43.8 Å². The standard InChI is InChI=1S/C22H20F3N5O/c1-14-9-16(21(31)29-12-18-5-4-17(11-27-18)22(23,24)25)10-28-20(14)30-8-6-19-15(13-30)3-2-7-26-19/h2-5,7,9-11H,6,8,12-13H2,1H3,(H,29,31). The van der Waals surface area contributed by atoms with Gasteiger partial charge in [-0.15, -0.1) is 0 Å². The number of rotatable bonds is 4. The third-order valence-corrected chi connectivity index (χ3v) is 5.16. The minimum Gasteiger partial charge on any atom is -0.352 e. The Bertz CT molecular complexity index is 1100. The lowest BCUT2D eigenvalue weighted by molar-refractivity contribution is -0.137. The Hall–Kier alpha value is -3.49. The molecule has 4 heterocycles.